The number of para-hydroxylation sites is 2. The SMILES string of the molecule is CCc1n(CC)c2ccccc2[n+]1C[C@H](O)COc1ccc(C)cc1. The summed E-state index contributed by atoms with van der Waals surface area (Å²) in [5, 5.41) is 10.5. The lowest BCUT2D eigenvalue weighted by molar-refractivity contribution is -0.686. The summed E-state index contributed by atoms with van der Waals surface area (Å²) >= 11 is 0. The predicted molar refractivity (Wildman–Crippen MR) is 99.9 cm³/mol. The molecule has 1 atom stereocenters. The molecule has 1 N–H and O–H groups in total. The van der Waals surface area contributed by atoms with Crippen molar-refractivity contribution in [2.75, 3.05) is 6.61 Å². The molecule has 25 heavy (non-hydrogen) atoms. The van der Waals surface area contributed by atoms with E-state index >= 15 is 0 Å². The topological polar surface area (TPSA) is 38.3 Å². The molecular weight excluding hydrogens is 312 g/mol. The highest BCUT2D eigenvalue weighted by Gasteiger charge is 2.24. The second kappa shape index (κ2) is 7.70. The summed E-state index contributed by atoms with van der Waals surface area (Å²) < 4.78 is 10.3. The lowest BCUT2D eigenvalue weighted by atomic mass is 10.2. The van der Waals surface area contributed by atoms with Crippen molar-refractivity contribution in [1.82, 2.24) is 4.57 Å². The fourth-order valence-corrected chi connectivity index (χ4v) is 3.37. The van der Waals surface area contributed by atoms with Gasteiger partial charge in [-0.1, -0.05) is 36.8 Å². The Morgan fingerprint density at radius 2 is 1.80 bits per heavy atom. The van der Waals surface area contributed by atoms with E-state index in [2.05, 4.69) is 41.2 Å². The van der Waals surface area contributed by atoms with Crippen LogP contribution in [0.15, 0.2) is 48.5 Å². The van der Waals surface area contributed by atoms with E-state index in [1.807, 2.05) is 37.3 Å². The van der Waals surface area contributed by atoms with Gasteiger partial charge in [0, 0.05) is 6.42 Å². The van der Waals surface area contributed by atoms with Crippen molar-refractivity contribution in [3.63, 3.8) is 0 Å². The zero-order valence-electron chi connectivity index (χ0n) is 15.3. The second-order valence-electron chi connectivity index (χ2n) is 6.39. The molecule has 1 aromatic heterocycles. The standard InChI is InChI=1S/C21H27N2O2/c1-4-21-22(5-2)19-8-6-7-9-20(19)23(21)14-17(24)15-25-18-12-10-16(3)11-13-18/h6-13,17,24H,4-5,14-15H2,1-3H3/q+1/t17-/m0/s1. The van der Waals surface area contributed by atoms with Crippen LogP contribution in [0.2, 0.25) is 0 Å². The van der Waals surface area contributed by atoms with Crippen molar-refractivity contribution in [1.29, 1.82) is 0 Å². The van der Waals surface area contributed by atoms with E-state index < -0.39 is 6.10 Å². The average molecular weight is 339 g/mol. The highest BCUT2D eigenvalue weighted by atomic mass is 16.5. The Morgan fingerprint density at radius 1 is 1.08 bits per heavy atom. The molecule has 3 aromatic rings. The maximum absolute atomic E-state index is 10.5. The van der Waals surface area contributed by atoms with Gasteiger partial charge in [-0.05, 0) is 38.1 Å². The van der Waals surface area contributed by atoms with Crippen LogP contribution in [0, 0.1) is 6.92 Å². The minimum atomic E-state index is -0.562. The van der Waals surface area contributed by atoms with Crippen LogP contribution < -0.4 is 9.30 Å². The number of aromatic nitrogens is 2. The van der Waals surface area contributed by atoms with Gasteiger partial charge in [-0.15, -0.1) is 0 Å². The predicted octanol–water partition coefficient (Wildman–Crippen LogP) is 3.26. The summed E-state index contributed by atoms with van der Waals surface area (Å²) in [6, 6.07) is 16.3. The molecule has 0 saturated carbocycles. The number of hydrogen-bond acceptors (Lipinski definition) is 2. The molecule has 0 aliphatic heterocycles. The second-order valence-corrected chi connectivity index (χ2v) is 6.39. The number of aliphatic hydroxyl groups is 1. The third-order valence-corrected chi connectivity index (χ3v) is 4.58. The zero-order chi connectivity index (χ0) is 17.8. The van der Waals surface area contributed by atoms with E-state index in [9.17, 15) is 5.11 Å². The molecule has 0 aliphatic rings. The smallest absolute Gasteiger partial charge is 0.257 e. The Labute approximate surface area is 149 Å². The third-order valence-electron chi connectivity index (χ3n) is 4.58. The van der Waals surface area contributed by atoms with E-state index in [0.29, 0.717) is 6.54 Å². The molecule has 0 saturated heterocycles. The largest absolute Gasteiger partial charge is 0.491 e. The highest BCUT2D eigenvalue weighted by Crippen LogP contribution is 2.16. The van der Waals surface area contributed by atoms with Crippen molar-refractivity contribution < 1.29 is 14.4 Å². The van der Waals surface area contributed by atoms with Gasteiger partial charge in [0.05, 0.1) is 6.54 Å². The van der Waals surface area contributed by atoms with Gasteiger partial charge >= 0.3 is 0 Å². The van der Waals surface area contributed by atoms with E-state index in [1.165, 1.54) is 16.9 Å². The Hall–Kier alpha value is -2.33. The summed E-state index contributed by atoms with van der Waals surface area (Å²) in [6.45, 7) is 8.10. The molecule has 1 heterocycles. The summed E-state index contributed by atoms with van der Waals surface area (Å²) in [5.41, 5.74) is 3.58. The maximum Gasteiger partial charge on any atom is 0.257 e. The van der Waals surface area contributed by atoms with E-state index in [4.69, 9.17) is 4.74 Å². The molecule has 132 valence electrons. The molecule has 0 amide bonds. The van der Waals surface area contributed by atoms with Crippen LogP contribution in [-0.2, 0) is 19.5 Å². The number of imidazole rings is 1. The molecule has 3 rings (SSSR count). The van der Waals surface area contributed by atoms with Gasteiger partial charge in [0.15, 0.2) is 11.0 Å². The summed E-state index contributed by atoms with van der Waals surface area (Å²) in [6.07, 6.45) is 0.362. The third kappa shape index (κ3) is 3.69. The molecule has 0 fully saturated rings. The fourth-order valence-electron chi connectivity index (χ4n) is 3.37. The van der Waals surface area contributed by atoms with Gasteiger partial charge < -0.3 is 9.84 Å². The molecule has 0 aliphatic carbocycles. The quantitative estimate of drug-likeness (QED) is 0.671. The normalized spacial score (nSPS) is 12.5. The Kier molecular flexibility index (Phi) is 5.39. The van der Waals surface area contributed by atoms with Gasteiger partial charge in [-0.3, -0.25) is 0 Å². The number of aliphatic hydroxyl groups excluding tert-OH is 1. The van der Waals surface area contributed by atoms with Crippen molar-refractivity contribution >= 4 is 11.0 Å². The van der Waals surface area contributed by atoms with Crippen molar-refractivity contribution in [3.8, 4) is 5.75 Å². The first-order valence-electron chi connectivity index (χ1n) is 9.01. The van der Waals surface area contributed by atoms with Gasteiger partial charge in [-0.25, -0.2) is 9.13 Å². The first kappa shape index (κ1) is 17.5. The zero-order valence-corrected chi connectivity index (χ0v) is 15.3. The first-order valence-corrected chi connectivity index (χ1v) is 9.01. The number of aryl methyl sites for hydroxylation is 2. The molecule has 4 heteroatoms. The van der Waals surface area contributed by atoms with Crippen LogP contribution in [0.25, 0.3) is 11.0 Å². The highest BCUT2D eigenvalue weighted by molar-refractivity contribution is 5.72. The average Bonchev–Trinajstić information content (AvgIpc) is 2.94. The molecule has 0 bridgehead atoms. The monoisotopic (exact) mass is 339 g/mol. The number of ether oxygens (including phenoxy) is 1. The number of rotatable bonds is 7. The van der Waals surface area contributed by atoms with Crippen LogP contribution in [-0.4, -0.2) is 22.4 Å². The first-order chi connectivity index (χ1) is 12.1. The Balaban J connectivity index is 1.78. The molecule has 4 nitrogen and oxygen atoms in total. The molecule has 2 aromatic carbocycles. The van der Waals surface area contributed by atoms with Gasteiger partial charge in [0.2, 0.25) is 0 Å². The molecule has 0 spiro atoms. The number of nitrogens with zero attached hydrogens (tertiary/aromatic N) is 2. The van der Waals surface area contributed by atoms with Crippen LogP contribution in [0.1, 0.15) is 25.2 Å². The van der Waals surface area contributed by atoms with E-state index in [1.54, 1.807) is 0 Å². The van der Waals surface area contributed by atoms with Crippen molar-refractivity contribution in [2.24, 2.45) is 0 Å². The summed E-state index contributed by atoms with van der Waals surface area (Å²) in [4.78, 5) is 0. The number of fused-ring (bicyclic) bond motifs is 1. The van der Waals surface area contributed by atoms with Crippen LogP contribution in [0.3, 0.4) is 0 Å². The lowest BCUT2D eigenvalue weighted by Crippen LogP contribution is -2.44. The van der Waals surface area contributed by atoms with Crippen LogP contribution >= 0.6 is 0 Å². The molecular formula is C21H27N2O2+. The number of benzene rings is 2. The van der Waals surface area contributed by atoms with Gasteiger partial charge in [0.25, 0.3) is 5.82 Å². The lowest BCUT2D eigenvalue weighted by Gasteiger charge is -2.12. The van der Waals surface area contributed by atoms with Crippen LogP contribution in [0.5, 0.6) is 5.75 Å². The van der Waals surface area contributed by atoms with Gasteiger partial charge in [0.1, 0.15) is 25.0 Å². The molecule has 0 unspecified atom stereocenters. The van der Waals surface area contributed by atoms with E-state index in [-0.39, 0.29) is 6.61 Å². The van der Waals surface area contributed by atoms with Gasteiger partial charge in [-0.2, -0.15) is 0 Å². The van der Waals surface area contributed by atoms with Crippen LogP contribution in [0.4, 0.5) is 0 Å². The minimum absolute atomic E-state index is 0.283. The van der Waals surface area contributed by atoms with Crippen molar-refractivity contribution in [2.45, 2.75) is 46.4 Å². The Bertz CT molecular complexity index is 837. The Morgan fingerprint density at radius 3 is 2.48 bits per heavy atom. The maximum atomic E-state index is 10.5. The summed E-state index contributed by atoms with van der Waals surface area (Å²) in [7, 11) is 0. The number of hydrogen-bond donors (Lipinski definition) is 1. The fraction of sp³-hybridized carbons (Fsp3) is 0.381. The van der Waals surface area contributed by atoms with E-state index in [0.717, 1.165) is 24.2 Å². The molecule has 0 radical (unpaired) electrons. The summed E-state index contributed by atoms with van der Waals surface area (Å²) in [5.74, 6) is 2.03. The van der Waals surface area contributed by atoms with Crippen molar-refractivity contribution in [3.05, 3.63) is 59.9 Å². The minimum Gasteiger partial charge on any atom is -0.491 e.